The number of nitrogens with two attached hydrogens (primary N) is 1. The lowest BCUT2D eigenvalue weighted by Gasteiger charge is -2.21. The minimum Gasteiger partial charge on any atom is -0.335 e. The molecule has 0 bridgehead atoms. The fourth-order valence-corrected chi connectivity index (χ4v) is 3.07. The fourth-order valence-electron chi connectivity index (χ4n) is 3.07. The molecule has 3 rings (SSSR count). The minimum atomic E-state index is -0.380. The van der Waals surface area contributed by atoms with E-state index in [9.17, 15) is 9.18 Å². The summed E-state index contributed by atoms with van der Waals surface area (Å²) in [6.07, 6.45) is 2.36. The summed E-state index contributed by atoms with van der Waals surface area (Å²) in [6, 6.07) is 6.48. The molecule has 1 fully saturated rings. The van der Waals surface area contributed by atoms with Gasteiger partial charge in [-0.3, -0.25) is 9.89 Å². The number of carbonyl (C=O) groups is 1. The van der Waals surface area contributed by atoms with Gasteiger partial charge in [-0.25, -0.2) is 4.39 Å². The second-order valence-electron chi connectivity index (χ2n) is 5.78. The monoisotopic (exact) mass is 302 g/mol. The van der Waals surface area contributed by atoms with Crippen LogP contribution >= 0.6 is 0 Å². The fraction of sp³-hybridized carbons (Fsp3) is 0.375. The number of aromatic nitrogens is 2. The lowest BCUT2D eigenvalue weighted by Crippen LogP contribution is -2.34. The molecule has 6 heteroatoms. The second kappa shape index (κ2) is 5.88. The van der Waals surface area contributed by atoms with Gasteiger partial charge in [0.15, 0.2) is 0 Å². The molecule has 0 radical (unpaired) electrons. The molecule has 1 aromatic carbocycles. The van der Waals surface area contributed by atoms with Gasteiger partial charge in [0, 0.05) is 18.2 Å². The van der Waals surface area contributed by atoms with Crippen LogP contribution in [-0.4, -0.2) is 40.1 Å². The van der Waals surface area contributed by atoms with Crippen molar-refractivity contribution in [3.8, 4) is 11.3 Å². The number of carbonyl (C=O) groups excluding carboxylic acids is 1. The lowest BCUT2D eigenvalue weighted by molar-refractivity contribution is 0.0744. The molecule has 2 unspecified atom stereocenters. The highest BCUT2D eigenvalue weighted by Crippen LogP contribution is 2.28. The zero-order valence-electron chi connectivity index (χ0n) is 12.4. The van der Waals surface area contributed by atoms with E-state index in [1.54, 1.807) is 23.1 Å². The summed E-state index contributed by atoms with van der Waals surface area (Å²) in [5.74, 6) is -0.187. The van der Waals surface area contributed by atoms with E-state index in [2.05, 4.69) is 10.2 Å². The first-order chi connectivity index (χ1) is 10.6. The third-order valence-corrected chi connectivity index (χ3v) is 4.27. The first-order valence-electron chi connectivity index (χ1n) is 7.41. The average molecular weight is 302 g/mol. The largest absolute Gasteiger partial charge is 0.335 e. The smallest absolute Gasteiger partial charge is 0.257 e. The van der Waals surface area contributed by atoms with Crippen LogP contribution in [0.5, 0.6) is 0 Å². The number of H-pyrrole nitrogens is 1. The van der Waals surface area contributed by atoms with Crippen LogP contribution in [-0.2, 0) is 0 Å². The van der Waals surface area contributed by atoms with Crippen LogP contribution in [0.3, 0.4) is 0 Å². The Balaban J connectivity index is 1.92. The Bertz CT molecular complexity index is 684. The van der Waals surface area contributed by atoms with Gasteiger partial charge >= 0.3 is 0 Å². The maximum atomic E-state index is 14.0. The Morgan fingerprint density at radius 3 is 2.95 bits per heavy atom. The van der Waals surface area contributed by atoms with Crippen molar-refractivity contribution in [2.45, 2.75) is 19.4 Å². The van der Waals surface area contributed by atoms with Crippen LogP contribution < -0.4 is 5.73 Å². The van der Waals surface area contributed by atoms with E-state index in [0.29, 0.717) is 35.8 Å². The molecule has 1 amide bonds. The number of hydrogen-bond acceptors (Lipinski definition) is 3. The molecule has 1 aliphatic rings. The standard InChI is InChI=1S/C16H19FN4O/c1-10-6-11(7-18)9-21(10)16(22)13-8-19-20-15(13)12-4-2-3-5-14(12)17/h2-5,8,10-11H,6-7,9,18H2,1H3,(H,19,20). The second-order valence-corrected chi connectivity index (χ2v) is 5.78. The summed E-state index contributed by atoms with van der Waals surface area (Å²) in [7, 11) is 0. The van der Waals surface area contributed by atoms with Gasteiger partial charge in [0.05, 0.1) is 17.5 Å². The summed E-state index contributed by atoms with van der Waals surface area (Å²) in [6.45, 7) is 3.22. The van der Waals surface area contributed by atoms with Crippen molar-refractivity contribution in [2.75, 3.05) is 13.1 Å². The molecule has 5 nitrogen and oxygen atoms in total. The predicted octanol–water partition coefficient (Wildman–Crippen LogP) is 2.03. The number of rotatable bonds is 3. The molecular weight excluding hydrogens is 283 g/mol. The van der Waals surface area contributed by atoms with Gasteiger partial charge in [0.25, 0.3) is 5.91 Å². The quantitative estimate of drug-likeness (QED) is 0.911. The van der Waals surface area contributed by atoms with E-state index >= 15 is 0 Å². The Kier molecular flexibility index (Phi) is 3.94. The van der Waals surface area contributed by atoms with Gasteiger partial charge in [0.2, 0.25) is 0 Å². The number of nitrogens with zero attached hydrogens (tertiary/aromatic N) is 2. The Hall–Kier alpha value is -2.21. The summed E-state index contributed by atoms with van der Waals surface area (Å²) >= 11 is 0. The van der Waals surface area contributed by atoms with E-state index in [1.807, 2.05) is 6.92 Å². The summed E-state index contributed by atoms with van der Waals surface area (Å²) in [4.78, 5) is 14.6. The molecule has 22 heavy (non-hydrogen) atoms. The van der Waals surface area contributed by atoms with E-state index in [1.165, 1.54) is 12.3 Å². The van der Waals surface area contributed by atoms with Crippen molar-refractivity contribution >= 4 is 5.91 Å². The first kappa shape index (κ1) is 14.7. The highest BCUT2D eigenvalue weighted by Gasteiger charge is 2.33. The Morgan fingerprint density at radius 1 is 1.50 bits per heavy atom. The zero-order valence-corrected chi connectivity index (χ0v) is 12.4. The van der Waals surface area contributed by atoms with Crippen LogP contribution in [0, 0.1) is 11.7 Å². The van der Waals surface area contributed by atoms with Gasteiger partial charge in [-0.05, 0) is 37.9 Å². The molecule has 1 aromatic heterocycles. The Labute approximate surface area is 128 Å². The van der Waals surface area contributed by atoms with Gasteiger partial charge in [0.1, 0.15) is 5.82 Å². The number of aromatic amines is 1. The summed E-state index contributed by atoms with van der Waals surface area (Å²) in [5, 5.41) is 6.68. The number of benzene rings is 1. The summed E-state index contributed by atoms with van der Waals surface area (Å²) < 4.78 is 14.0. The van der Waals surface area contributed by atoms with Crippen molar-refractivity contribution in [1.29, 1.82) is 0 Å². The average Bonchev–Trinajstić information content (AvgIpc) is 3.13. The van der Waals surface area contributed by atoms with Crippen LogP contribution in [0.25, 0.3) is 11.3 Å². The third-order valence-electron chi connectivity index (χ3n) is 4.27. The van der Waals surface area contributed by atoms with Crippen molar-refractivity contribution in [2.24, 2.45) is 11.7 Å². The van der Waals surface area contributed by atoms with Crippen molar-refractivity contribution in [3.63, 3.8) is 0 Å². The number of halogens is 1. The van der Waals surface area contributed by atoms with E-state index in [0.717, 1.165) is 6.42 Å². The molecule has 1 aliphatic heterocycles. The molecule has 116 valence electrons. The van der Waals surface area contributed by atoms with Crippen LogP contribution in [0.2, 0.25) is 0 Å². The molecule has 2 heterocycles. The van der Waals surface area contributed by atoms with Crippen molar-refractivity contribution in [1.82, 2.24) is 15.1 Å². The number of nitrogens with one attached hydrogen (secondary N) is 1. The zero-order chi connectivity index (χ0) is 15.7. The van der Waals surface area contributed by atoms with Crippen LogP contribution in [0.1, 0.15) is 23.7 Å². The van der Waals surface area contributed by atoms with Gasteiger partial charge in [-0.15, -0.1) is 0 Å². The highest BCUT2D eigenvalue weighted by molar-refractivity contribution is 6.00. The van der Waals surface area contributed by atoms with Gasteiger partial charge in [-0.2, -0.15) is 5.10 Å². The third kappa shape index (κ3) is 2.50. The maximum absolute atomic E-state index is 14.0. The topological polar surface area (TPSA) is 75.0 Å². The molecule has 0 saturated carbocycles. The lowest BCUT2D eigenvalue weighted by atomic mass is 10.1. The molecule has 2 atom stereocenters. The maximum Gasteiger partial charge on any atom is 0.257 e. The predicted molar refractivity (Wildman–Crippen MR) is 81.6 cm³/mol. The van der Waals surface area contributed by atoms with Crippen LogP contribution in [0.15, 0.2) is 30.5 Å². The molecule has 2 aromatic rings. The molecule has 0 spiro atoms. The van der Waals surface area contributed by atoms with Crippen molar-refractivity contribution in [3.05, 3.63) is 41.8 Å². The van der Waals surface area contributed by atoms with Gasteiger partial charge < -0.3 is 10.6 Å². The van der Waals surface area contributed by atoms with E-state index in [4.69, 9.17) is 5.73 Å². The molecule has 1 saturated heterocycles. The molecular formula is C16H19FN4O. The normalized spacial score (nSPS) is 21.3. The molecule has 0 aliphatic carbocycles. The highest BCUT2D eigenvalue weighted by atomic mass is 19.1. The summed E-state index contributed by atoms with van der Waals surface area (Å²) in [5.41, 5.74) is 6.88. The van der Waals surface area contributed by atoms with Crippen molar-refractivity contribution < 1.29 is 9.18 Å². The molecule has 3 N–H and O–H groups in total. The number of amides is 1. The SMILES string of the molecule is CC1CC(CN)CN1C(=O)c1cn[nH]c1-c1ccccc1F. The first-order valence-corrected chi connectivity index (χ1v) is 7.41. The Morgan fingerprint density at radius 2 is 2.27 bits per heavy atom. The van der Waals surface area contributed by atoms with E-state index < -0.39 is 0 Å². The number of likely N-dealkylation sites (tertiary alicyclic amines) is 1. The van der Waals surface area contributed by atoms with Crippen LogP contribution in [0.4, 0.5) is 4.39 Å². The van der Waals surface area contributed by atoms with E-state index in [-0.39, 0.29) is 17.8 Å². The minimum absolute atomic E-state index is 0.129. The van der Waals surface area contributed by atoms with Gasteiger partial charge in [-0.1, -0.05) is 12.1 Å². The number of hydrogen-bond donors (Lipinski definition) is 2.